The third kappa shape index (κ3) is 2.57. The zero-order chi connectivity index (χ0) is 15.8. The summed E-state index contributed by atoms with van der Waals surface area (Å²) in [5.74, 6) is 2.36. The summed E-state index contributed by atoms with van der Waals surface area (Å²) >= 11 is 1.62. The molecule has 0 bridgehead atoms. The SMILES string of the molecule is Cc1cc(CN(C)c2ccc3nnc(-c4ccsc4)n3n2)no1. The standard InChI is InChI=1S/C15H14N6OS/c1-10-7-12(19-22-10)8-20(2)14-4-3-13-16-17-15(21(13)18-14)11-5-6-23-9-11/h3-7,9H,8H2,1-2H3. The number of fused-ring (bicyclic) bond motifs is 1. The summed E-state index contributed by atoms with van der Waals surface area (Å²) < 4.78 is 6.87. The summed E-state index contributed by atoms with van der Waals surface area (Å²) in [6.07, 6.45) is 0. The molecule has 0 amide bonds. The Balaban J connectivity index is 1.69. The van der Waals surface area contributed by atoms with Gasteiger partial charge >= 0.3 is 0 Å². The lowest BCUT2D eigenvalue weighted by atomic mass is 10.3. The van der Waals surface area contributed by atoms with Crippen LogP contribution in [0.4, 0.5) is 5.82 Å². The van der Waals surface area contributed by atoms with Crippen molar-refractivity contribution >= 4 is 22.8 Å². The van der Waals surface area contributed by atoms with Crippen LogP contribution in [0.2, 0.25) is 0 Å². The topological polar surface area (TPSA) is 72.4 Å². The highest BCUT2D eigenvalue weighted by Crippen LogP contribution is 2.21. The minimum Gasteiger partial charge on any atom is -0.361 e. The number of hydrogen-bond acceptors (Lipinski definition) is 7. The number of nitrogens with zero attached hydrogens (tertiary/aromatic N) is 6. The second-order valence-electron chi connectivity index (χ2n) is 5.28. The van der Waals surface area contributed by atoms with Crippen molar-refractivity contribution in [2.75, 3.05) is 11.9 Å². The van der Waals surface area contributed by atoms with E-state index in [0.29, 0.717) is 6.54 Å². The lowest BCUT2D eigenvalue weighted by Gasteiger charge is -2.16. The van der Waals surface area contributed by atoms with Crippen LogP contribution in [0.25, 0.3) is 17.0 Å². The summed E-state index contributed by atoms with van der Waals surface area (Å²) in [6, 6.07) is 7.77. The molecule has 4 aromatic rings. The molecule has 7 nitrogen and oxygen atoms in total. The molecule has 0 aliphatic heterocycles. The molecule has 0 saturated carbocycles. The normalized spacial score (nSPS) is 11.2. The molecule has 0 spiro atoms. The van der Waals surface area contributed by atoms with Gasteiger partial charge < -0.3 is 9.42 Å². The molecule has 116 valence electrons. The second kappa shape index (κ2) is 5.47. The van der Waals surface area contributed by atoms with E-state index in [1.165, 1.54) is 0 Å². The first kappa shape index (κ1) is 13.9. The van der Waals surface area contributed by atoms with Gasteiger partial charge in [-0.15, -0.1) is 15.3 Å². The van der Waals surface area contributed by atoms with Crippen molar-refractivity contribution in [3.8, 4) is 11.4 Å². The molecule has 0 fully saturated rings. The second-order valence-corrected chi connectivity index (χ2v) is 6.06. The molecule has 0 atom stereocenters. The van der Waals surface area contributed by atoms with E-state index in [1.54, 1.807) is 15.9 Å². The van der Waals surface area contributed by atoms with Gasteiger partial charge in [0.1, 0.15) is 17.3 Å². The number of thiophene rings is 1. The van der Waals surface area contributed by atoms with E-state index in [4.69, 9.17) is 4.52 Å². The Labute approximate surface area is 136 Å². The largest absolute Gasteiger partial charge is 0.361 e. The fourth-order valence-electron chi connectivity index (χ4n) is 2.37. The predicted octanol–water partition coefficient (Wildman–Crippen LogP) is 2.79. The molecule has 4 rings (SSSR count). The third-order valence-corrected chi connectivity index (χ3v) is 4.18. The maximum absolute atomic E-state index is 5.11. The van der Waals surface area contributed by atoms with Gasteiger partial charge in [-0.05, 0) is 30.5 Å². The van der Waals surface area contributed by atoms with E-state index in [1.807, 2.05) is 53.9 Å². The van der Waals surface area contributed by atoms with Gasteiger partial charge in [0.05, 0.1) is 6.54 Å². The molecular weight excluding hydrogens is 312 g/mol. The monoisotopic (exact) mass is 326 g/mol. The van der Waals surface area contributed by atoms with Gasteiger partial charge in [-0.1, -0.05) is 5.16 Å². The molecular formula is C15H14N6OS. The van der Waals surface area contributed by atoms with Gasteiger partial charge in [-0.2, -0.15) is 15.9 Å². The number of anilines is 1. The highest BCUT2D eigenvalue weighted by Gasteiger charge is 2.13. The van der Waals surface area contributed by atoms with Crippen LogP contribution in [0.1, 0.15) is 11.5 Å². The lowest BCUT2D eigenvalue weighted by molar-refractivity contribution is 0.390. The van der Waals surface area contributed by atoms with Gasteiger partial charge in [0.25, 0.3) is 0 Å². The van der Waals surface area contributed by atoms with Crippen LogP contribution in [0.5, 0.6) is 0 Å². The summed E-state index contributed by atoms with van der Waals surface area (Å²) in [5.41, 5.74) is 2.61. The summed E-state index contributed by atoms with van der Waals surface area (Å²) in [5, 5.41) is 21.1. The molecule has 0 aromatic carbocycles. The van der Waals surface area contributed by atoms with Crippen LogP contribution in [0.15, 0.2) is 39.5 Å². The van der Waals surface area contributed by atoms with Crippen molar-refractivity contribution in [2.45, 2.75) is 13.5 Å². The molecule has 0 radical (unpaired) electrons. The Morgan fingerprint density at radius 3 is 2.91 bits per heavy atom. The number of rotatable bonds is 4. The minimum atomic E-state index is 0.617. The van der Waals surface area contributed by atoms with E-state index in [2.05, 4.69) is 20.5 Å². The van der Waals surface area contributed by atoms with Gasteiger partial charge in [0.2, 0.25) is 0 Å². The molecule has 4 heterocycles. The average molecular weight is 326 g/mol. The predicted molar refractivity (Wildman–Crippen MR) is 87.4 cm³/mol. The molecule has 0 N–H and O–H groups in total. The molecule has 0 saturated heterocycles. The van der Waals surface area contributed by atoms with Crippen molar-refractivity contribution in [3.05, 3.63) is 46.5 Å². The Morgan fingerprint density at radius 1 is 1.26 bits per heavy atom. The highest BCUT2D eigenvalue weighted by atomic mass is 32.1. The average Bonchev–Trinajstić information content (AvgIpc) is 3.26. The van der Waals surface area contributed by atoms with Crippen molar-refractivity contribution in [3.63, 3.8) is 0 Å². The van der Waals surface area contributed by atoms with Crippen LogP contribution >= 0.6 is 11.3 Å². The van der Waals surface area contributed by atoms with Crippen LogP contribution in [0, 0.1) is 6.92 Å². The van der Waals surface area contributed by atoms with Crippen molar-refractivity contribution in [2.24, 2.45) is 0 Å². The van der Waals surface area contributed by atoms with Crippen LogP contribution in [-0.2, 0) is 6.54 Å². The Morgan fingerprint density at radius 2 is 2.17 bits per heavy atom. The summed E-state index contributed by atoms with van der Waals surface area (Å²) in [6.45, 7) is 2.50. The van der Waals surface area contributed by atoms with E-state index in [0.717, 1.165) is 34.3 Å². The third-order valence-electron chi connectivity index (χ3n) is 3.50. The van der Waals surface area contributed by atoms with Crippen molar-refractivity contribution in [1.29, 1.82) is 0 Å². The van der Waals surface area contributed by atoms with Crippen LogP contribution in [-0.4, -0.2) is 32.0 Å². The van der Waals surface area contributed by atoms with Gasteiger partial charge in [-0.3, -0.25) is 0 Å². The minimum absolute atomic E-state index is 0.617. The van der Waals surface area contributed by atoms with E-state index >= 15 is 0 Å². The quantitative estimate of drug-likeness (QED) is 0.574. The first-order valence-corrected chi connectivity index (χ1v) is 8.03. The van der Waals surface area contributed by atoms with Crippen LogP contribution < -0.4 is 4.90 Å². The smallest absolute Gasteiger partial charge is 0.186 e. The van der Waals surface area contributed by atoms with Crippen molar-refractivity contribution in [1.82, 2.24) is 25.0 Å². The number of aryl methyl sites for hydroxylation is 1. The highest BCUT2D eigenvalue weighted by molar-refractivity contribution is 7.08. The molecule has 4 aromatic heterocycles. The summed E-state index contributed by atoms with van der Waals surface area (Å²) in [4.78, 5) is 2.01. The first-order chi connectivity index (χ1) is 11.2. The lowest BCUT2D eigenvalue weighted by Crippen LogP contribution is -2.19. The Bertz CT molecular complexity index is 942. The van der Waals surface area contributed by atoms with Gasteiger partial charge in [0, 0.05) is 24.1 Å². The molecule has 0 aliphatic carbocycles. The van der Waals surface area contributed by atoms with E-state index in [-0.39, 0.29) is 0 Å². The summed E-state index contributed by atoms with van der Waals surface area (Å²) in [7, 11) is 1.97. The fraction of sp³-hybridized carbons (Fsp3) is 0.200. The van der Waals surface area contributed by atoms with Crippen LogP contribution in [0.3, 0.4) is 0 Å². The van der Waals surface area contributed by atoms with Gasteiger partial charge in [-0.25, -0.2) is 0 Å². The number of hydrogen-bond donors (Lipinski definition) is 0. The fourth-order valence-corrected chi connectivity index (χ4v) is 3.01. The van der Waals surface area contributed by atoms with Crippen molar-refractivity contribution < 1.29 is 4.52 Å². The number of aromatic nitrogens is 5. The zero-order valence-corrected chi connectivity index (χ0v) is 13.5. The van der Waals surface area contributed by atoms with Gasteiger partial charge in [0.15, 0.2) is 11.5 Å². The maximum Gasteiger partial charge on any atom is 0.186 e. The Kier molecular flexibility index (Phi) is 3.30. The molecule has 8 heteroatoms. The van der Waals surface area contributed by atoms with E-state index in [9.17, 15) is 0 Å². The first-order valence-electron chi connectivity index (χ1n) is 7.09. The molecule has 0 aliphatic rings. The maximum atomic E-state index is 5.11. The molecule has 23 heavy (non-hydrogen) atoms. The zero-order valence-electron chi connectivity index (χ0n) is 12.7. The van der Waals surface area contributed by atoms with E-state index < -0.39 is 0 Å². The Hall–Kier alpha value is -2.74. The molecule has 0 unspecified atom stereocenters.